The molecule has 0 saturated carbocycles. The lowest BCUT2D eigenvalue weighted by Crippen LogP contribution is -1.93. The second-order valence-electron chi connectivity index (χ2n) is 9.28. The smallest absolute Gasteiger partial charge is 0.115 e. The molecule has 0 aromatic heterocycles. The van der Waals surface area contributed by atoms with Crippen LogP contribution in [0.3, 0.4) is 0 Å². The van der Waals surface area contributed by atoms with Gasteiger partial charge in [-0.3, -0.25) is 0 Å². The van der Waals surface area contributed by atoms with Crippen molar-refractivity contribution in [1.29, 1.82) is 0 Å². The number of hydrogen-bond donors (Lipinski definition) is 2. The molecule has 40 heavy (non-hydrogen) atoms. The fourth-order valence-electron chi connectivity index (χ4n) is 4.75. The monoisotopic (exact) mass is 554 g/mol. The van der Waals surface area contributed by atoms with Crippen molar-refractivity contribution in [2.45, 2.75) is 19.6 Å². The van der Waals surface area contributed by atoms with Gasteiger partial charge in [-0.2, -0.15) is 0 Å². The first-order valence-corrected chi connectivity index (χ1v) is 14.6. The van der Waals surface area contributed by atoms with E-state index in [0.717, 1.165) is 41.8 Å². The Kier molecular flexibility index (Phi) is 7.62. The van der Waals surface area contributed by atoms with E-state index in [9.17, 15) is 10.2 Å². The molecular formula is C36H26O2S2. The highest BCUT2D eigenvalue weighted by atomic mass is 32.2. The summed E-state index contributed by atoms with van der Waals surface area (Å²) in [4.78, 5) is 4.41. The molecule has 6 rings (SSSR count). The van der Waals surface area contributed by atoms with Gasteiger partial charge in [-0.25, -0.2) is 0 Å². The lowest BCUT2D eigenvalue weighted by molar-refractivity contribution is 0.474. The van der Waals surface area contributed by atoms with Crippen molar-refractivity contribution in [3.63, 3.8) is 0 Å². The highest BCUT2D eigenvalue weighted by Crippen LogP contribution is 2.47. The van der Waals surface area contributed by atoms with Gasteiger partial charge in [0.1, 0.15) is 11.5 Å². The van der Waals surface area contributed by atoms with Gasteiger partial charge in [-0.1, -0.05) is 108 Å². The third-order valence-electron chi connectivity index (χ3n) is 6.61. The van der Waals surface area contributed by atoms with E-state index >= 15 is 0 Å². The summed E-state index contributed by atoms with van der Waals surface area (Å²) >= 11 is 3.39. The topological polar surface area (TPSA) is 40.5 Å². The number of phenols is 2. The predicted molar refractivity (Wildman–Crippen MR) is 167 cm³/mol. The fourth-order valence-corrected chi connectivity index (χ4v) is 6.66. The van der Waals surface area contributed by atoms with Crippen LogP contribution in [0.5, 0.6) is 11.5 Å². The van der Waals surface area contributed by atoms with Crippen LogP contribution in [0.1, 0.15) is 0 Å². The zero-order chi connectivity index (χ0) is 27.3. The lowest BCUT2D eigenvalue weighted by Gasteiger charge is -2.20. The minimum Gasteiger partial charge on any atom is -0.508 e. The van der Waals surface area contributed by atoms with Gasteiger partial charge in [0.05, 0.1) is 0 Å². The number of hydrogen-bond acceptors (Lipinski definition) is 4. The third kappa shape index (κ3) is 5.64. The van der Waals surface area contributed by atoms with E-state index in [4.69, 9.17) is 0 Å². The van der Waals surface area contributed by atoms with Gasteiger partial charge in [0.25, 0.3) is 0 Å². The summed E-state index contributed by atoms with van der Waals surface area (Å²) in [6.07, 6.45) is 0. The molecule has 4 heteroatoms. The standard InChI is InChI=1S/C36H26O2S2/c37-26-17-21-28(22-18-26)39-34-15-6-4-11-31(34)32-14-8-13-30(25-9-2-1-3-10-25)36(32)33-12-5-7-16-35(33)40-29-23-19-27(38)20-24-29/h1-24,37-38H. The summed E-state index contributed by atoms with van der Waals surface area (Å²) < 4.78 is 0. The Morgan fingerprint density at radius 3 is 1.40 bits per heavy atom. The zero-order valence-corrected chi connectivity index (χ0v) is 23.2. The predicted octanol–water partition coefficient (Wildman–Crippen LogP) is 10.4. The Balaban J connectivity index is 1.55. The second kappa shape index (κ2) is 11.8. The van der Waals surface area contributed by atoms with E-state index in [0.29, 0.717) is 0 Å². The molecule has 2 N–H and O–H groups in total. The van der Waals surface area contributed by atoms with Crippen molar-refractivity contribution >= 4 is 23.5 Å². The number of benzene rings is 6. The first kappa shape index (κ1) is 25.9. The van der Waals surface area contributed by atoms with Crippen molar-refractivity contribution in [2.75, 3.05) is 0 Å². The molecule has 2 nitrogen and oxygen atoms in total. The number of aromatic hydroxyl groups is 2. The molecule has 0 atom stereocenters. The van der Waals surface area contributed by atoms with Gasteiger partial charge in [-0.05, 0) is 94.0 Å². The Hall–Kier alpha value is -4.38. The summed E-state index contributed by atoms with van der Waals surface area (Å²) in [5.74, 6) is 0.523. The van der Waals surface area contributed by atoms with Crippen LogP contribution in [0.25, 0.3) is 33.4 Å². The maximum Gasteiger partial charge on any atom is 0.115 e. The van der Waals surface area contributed by atoms with Gasteiger partial charge >= 0.3 is 0 Å². The van der Waals surface area contributed by atoms with Crippen LogP contribution in [0.2, 0.25) is 0 Å². The Morgan fingerprint density at radius 2 is 0.800 bits per heavy atom. The molecule has 194 valence electrons. The molecule has 6 aromatic carbocycles. The van der Waals surface area contributed by atoms with E-state index in [1.165, 1.54) is 11.1 Å². The first-order valence-electron chi connectivity index (χ1n) is 13.0. The minimum atomic E-state index is 0.261. The van der Waals surface area contributed by atoms with Crippen molar-refractivity contribution in [3.05, 3.63) is 146 Å². The number of rotatable bonds is 7. The molecule has 0 unspecified atom stereocenters. The van der Waals surface area contributed by atoms with Crippen LogP contribution in [0.15, 0.2) is 165 Å². The molecule has 0 bridgehead atoms. The SMILES string of the molecule is Oc1ccc(Sc2ccccc2-c2cccc(-c3ccccc3)c2-c2ccccc2Sc2ccc(O)cc2)cc1. The Bertz CT molecular complexity index is 1750. The van der Waals surface area contributed by atoms with Crippen LogP contribution in [0.4, 0.5) is 0 Å². The van der Waals surface area contributed by atoms with Gasteiger partial charge in [0, 0.05) is 19.6 Å². The van der Waals surface area contributed by atoms with Gasteiger partial charge in [0.15, 0.2) is 0 Å². The molecule has 0 aliphatic carbocycles. The highest BCUT2D eigenvalue weighted by molar-refractivity contribution is 7.99. The van der Waals surface area contributed by atoms with Gasteiger partial charge in [-0.15, -0.1) is 0 Å². The average molecular weight is 555 g/mol. The zero-order valence-electron chi connectivity index (χ0n) is 21.6. The molecule has 0 radical (unpaired) electrons. The molecular weight excluding hydrogens is 529 g/mol. The Labute approximate surface area is 243 Å². The molecule has 0 amide bonds. The first-order chi connectivity index (χ1) is 19.7. The van der Waals surface area contributed by atoms with Gasteiger partial charge in [0.2, 0.25) is 0 Å². The van der Waals surface area contributed by atoms with Crippen LogP contribution in [-0.4, -0.2) is 10.2 Å². The third-order valence-corrected chi connectivity index (χ3v) is 8.78. The van der Waals surface area contributed by atoms with Crippen molar-refractivity contribution in [2.24, 2.45) is 0 Å². The van der Waals surface area contributed by atoms with E-state index in [1.54, 1.807) is 47.8 Å². The number of phenolic OH excluding ortho intramolecular Hbond substituents is 2. The highest BCUT2D eigenvalue weighted by Gasteiger charge is 2.19. The van der Waals surface area contributed by atoms with E-state index in [-0.39, 0.29) is 11.5 Å². The van der Waals surface area contributed by atoms with Crippen LogP contribution < -0.4 is 0 Å². The summed E-state index contributed by atoms with van der Waals surface area (Å²) in [5, 5.41) is 19.6. The molecule has 0 saturated heterocycles. The maximum atomic E-state index is 9.80. The normalized spacial score (nSPS) is 10.9. The van der Waals surface area contributed by atoms with E-state index in [1.807, 2.05) is 30.3 Å². The van der Waals surface area contributed by atoms with Crippen molar-refractivity contribution in [1.82, 2.24) is 0 Å². The summed E-state index contributed by atoms with van der Waals surface area (Å²) in [6, 6.07) is 48.8. The summed E-state index contributed by atoms with van der Waals surface area (Å²) in [7, 11) is 0. The molecule has 0 aliphatic rings. The van der Waals surface area contributed by atoms with Gasteiger partial charge < -0.3 is 10.2 Å². The van der Waals surface area contributed by atoms with Crippen molar-refractivity contribution < 1.29 is 10.2 Å². The van der Waals surface area contributed by atoms with E-state index < -0.39 is 0 Å². The minimum absolute atomic E-state index is 0.261. The largest absolute Gasteiger partial charge is 0.508 e. The van der Waals surface area contributed by atoms with E-state index in [2.05, 4.69) is 91.0 Å². The summed E-state index contributed by atoms with van der Waals surface area (Å²) in [6.45, 7) is 0. The molecule has 0 spiro atoms. The Morgan fingerprint density at radius 1 is 0.350 bits per heavy atom. The molecule has 0 aliphatic heterocycles. The lowest BCUT2D eigenvalue weighted by atomic mass is 9.87. The fraction of sp³-hybridized carbons (Fsp3) is 0. The van der Waals surface area contributed by atoms with Crippen molar-refractivity contribution in [3.8, 4) is 44.9 Å². The maximum absolute atomic E-state index is 9.80. The quantitative estimate of drug-likeness (QED) is 0.206. The molecule has 6 aromatic rings. The molecule has 0 heterocycles. The molecule has 0 fully saturated rings. The average Bonchev–Trinajstić information content (AvgIpc) is 3.00. The van der Waals surface area contributed by atoms with Crippen LogP contribution >= 0.6 is 23.5 Å². The summed E-state index contributed by atoms with van der Waals surface area (Å²) in [5.41, 5.74) is 6.96. The van der Waals surface area contributed by atoms with Crippen LogP contribution in [0, 0.1) is 0 Å². The second-order valence-corrected chi connectivity index (χ2v) is 11.5. The van der Waals surface area contributed by atoms with Crippen LogP contribution in [-0.2, 0) is 0 Å².